The standard InChI is InChI=1S/C38H39ClFN5O5/c1-42-15-4-2-3-9-29(46)10-6-11-37(47)45-34-19-31-33(20-36(34)50-30-14-16-48-24-30)43-22-26(21-41)38(31)44-28-12-13-35(32(39)18-28)49-23-25-7-5-8-27(40)17-25/h5-8,11-13,17-20,22,30,42H,2-4,9-10,14-16,23-24H2,1H3,(H,43,44)(H,45,47)/b11-6+. The molecule has 12 heteroatoms. The topological polar surface area (TPSA) is 135 Å². The summed E-state index contributed by atoms with van der Waals surface area (Å²) in [4.78, 5) is 29.9. The Kier molecular flexibility index (Phi) is 13.1. The third-order valence-corrected chi connectivity index (χ3v) is 8.31. The number of ether oxygens (including phenoxy) is 3. The lowest BCUT2D eigenvalue weighted by atomic mass is 10.1. The lowest BCUT2D eigenvalue weighted by molar-refractivity contribution is -0.118. The third kappa shape index (κ3) is 10.2. The number of benzene rings is 3. The summed E-state index contributed by atoms with van der Waals surface area (Å²) in [5, 5.41) is 20.1. The fourth-order valence-electron chi connectivity index (χ4n) is 5.42. The van der Waals surface area contributed by atoms with Gasteiger partial charge in [-0.3, -0.25) is 14.6 Å². The SMILES string of the molecule is CNCCCCCC(=O)C/C=C/C(=O)Nc1cc2c(Nc3ccc(OCc4cccc(F)c4)c(Cl)c3)c(C#N)cnc2cc1OC1CCOC1. The van der Waals surface area contributed by atoms with Gasteiger partial charge in [0.25, 0.3) is 0 Å². The van der Waals surface area contributed by atoms with Crippen LogP contribution in [0.5, 0.6) is 11.5 Å². The average molecular weight is 700 g/mol. The number of ketones is 1. The van der Waals surface area contributed by atoms with Crippen molar-refractivity contribution in [2.45, 2.75) is 51.2 Å². The molecule has 0 bridgehead atoms. The first-order chi connectivity index (χ1) is 24.3. The van der Waals surface area contributed by atoms with Gasteiger partial charge in [0, 0.05) is 42.6 Å². The summed E-state index contributed by atoms with van der Waals surface area (Å²) < 4.78 is 31.1. The zero-order valence-electron chi connectivity index (χ0n) is 27.8. The van der Waals surface area contributed by atoms with Crippen LogP contribution in [0.3, 0.4) is 0 Å². The zero-order valence-corrected chi connectivity index (χ0v) is 28.5. The molecule has 4 aromatic rings. The van der Waals surface area contributed by atoms with E-state index in [-0.39, 0.29) is 36.3 Å². The van der Waals surface area contributed by atoms with E-state index >= 15 is 0 Å². The fraction of sp³-hybridized carbons (Fsp3) is 0.316. The molecule has 0 aliphatic carbocycles. The molecular weight excluding hydrogens is 661 g/mol. The molecule has 1 aliphatic rings. The van der Waals surface area contributed by atoms with E-state index in [9.17, 15) is 19.2 Å². The van der Waals surface area contributed by atoms with Crippen LogP contribution in [0.2, 0.25) is 5.02 Å². The van der Waals surface area contributed by atoms with Crippen LogP contribution in [0.1, 0.15) is 49.7 Å². The van der Waals surface area contributed by atoms with Crippen LogP contribution in [-0.4, -0.2) is 49.6 Å². The number of aromatic nitrogens is 1. The normalized spacial score (nSPS) is 14.1. The molecule has 1 atom stereocenters. The lowest BCUT2D eigenvalue weighted by Gasteiger charge is -2.18. The summed E-state index contributed by atoms with van der Waals surface area (Å²) in [5.74, 6) is 0.0976. The van der Waals surface area contributed by atoms with E-state index in [1.807, 2.05) is 7.05 Å². The van der Waals surface area contributed by atoms with Crippen molar-refractivity contribution in [3.05, 3.63) is 94.9 Å². The molecule has 10 nitrogen and oxygen atoms in total. The molecule has 260 valence electrons. The first-order valence-corrected chi connectivity index (χ1v) is 16.9. The number of fused-ring (bicyclic) bond motifs is 1. The van der Waals surface area contributed by atoms with E-state index in [0.717, 1.165) is 25.8 Å². The number of hydrogen-bond acceptors (Lipinski definition) is 9. The molecule has 50 heavy (non-hydrogen) atoms. The van der Waals surface area contributed by atoms with Gasteiger partial charge >= 0.3 is 0 Å². The Morgan fingerprint density at radius 3 is 2.78 bits per heavy atom. The second-order valence-corrected chi connectivity index (χ2v) is 12.3. The van der Waals surface area contributed by atoms with Crippen LogP contribution >= 0.6 is 11.6 Å². The number of unbranched alkanes of at least 4 members (excludes halogenated alkanes) is 2. The minimum absolute atomic E-state index is 0.0755. The van der Waals surface area contributed by atoms with Crippen LogP contribution in [0.15, 0.2) is 72.9 Å². The Labute approximate surface area is 295 Å². The number of halogens is 2. The molecule has 1 aromatic heterocycles. The van der Waals surface area contributed by atoms with E-state index in [0.29, 0.717) is 76.1 Å². The Morgan fingerprint density at radius 1 is 1.14 bits per heavy atom. The second-order valence-electron chi connectivity index (χ2n) is 11.9. The van der Waals surface area contributed by atoms with Gasteiger partial charge in [0.15, 0.2) is 0 Å². The number of rotatable bonds is 17. The molecule has 1 fully saturated rings. The summed E-state index contributed by atoms with van der Waals surface area (Å²) >= 11 is 6.55. The molecule has 0 saturated carbocycles. The Morgan fingerprint density at radius 2 is 2.02 bits per heavy atom. The molecule has 1 aliphatic heterocycles. The third-order valence-electron chi connectivity index (χ3n) is 8.01. The van der Waals surface area contributed by atoms with Crippen molar-refractivity contribution in [3.8, 4) is 17.6 Å². The summed E-state index contributed by atoms with van der Waals surface area (Å²) in [7, 11) is 1.90. The average Bonchev–Trinajstić information content (AvgIpc) is 3.61. The highest BCUT2D eigenvalue weighted by atomic mass is 35.5. The van der Waals surface area contributed by atoms with Gasteiger partial charge in [-0.25, -0.2) is 4.39 Å². The second kappa shape index (κ2) is 18.1. The van der Waals surface area contributed by atoms with Crippen molar-refractivity contribution in [2.24, 2.45) is 0 Å². The molecular formula is C38H39ClFN5O5. The Hall–Kier alpha value is -5.02. The molecule has 3 aromatic carbocycles. The first-order valence-electron chi connectivity index (χ1n) is 16.5. The van der Waals surface area contributed by atoms with Crippen molar-refractivity contribution in [1.82, 2.24) is 10.3 Å². The summed E-state index contributed by atoms with van der Waals surface area (Å²) in [6.45, 7) is 2.04. The lowest BCUT2D eigenvalue weighted by Crippen LogP contribution is -2.18. The number of anilines is 3. The predicted molar refractivity (Wildman–Crippen MR) is 192 cm³/mol. The number of carbonyl (C=O) groups is 2. The van der Waals surface area contributed by atoms with E-state index in [1.165, 1.54) is 24.4 Å². The number of pyridine rings is 1. The highest BCUT2D eigenvalue weighted by Gasteiger charge is 2.21. The molecule has 0 spiro atoms. The number of allylic oxidation sites excluding steroid dienone is 1. The van der Waals surface area contributed by atoms with Gasteiger partial charge < -0.3 is 30.2 Å². The monoisotopic (exact) mass is 699 g/mol. The minimum Gasteiger partial charge on any atom is -0.487 e. The molecule has 5 rings (SSSR count). The van der Waals surface area contributed by atoms with Crippen molar-refractivity contribution < 1.29 is 28.2 Å². The quantitative estimate of drug-likeness (QED) is 0.0751. The zero-order chi connectivity index (χ0) is 35.3. The fourth-order valence-corrected chi connectivity index (χ4v) is 5.66. The maximum absolute atomic E-state index is 13.6. The smallest absolute Gasteiger partial charge is 0.248 e. The molecule has 2 heterocycles. The highest BCUT2D eigenvalue weighted by Crippen LogP contribution is 2.38. The summed E-state index contributed by atoms with van der Waals surface area (Å²) in [5.41, 5.74) is 2.83. The van der Waals surface area contributed by atoms with Gasteiger partial charge in [-0.15, -0.1) is 0 Å². The van der Waals surface area contributed by atoms with E-state index in [2.05, 4.69) is 27.0 Å². The molecule has 0 radical (unpaired) electrons. The van der Waals surface area contributed by atoms with Gasteiger partial charge in [0.1, 0.15) is 41.9 Å². The maximum Gasteiger partial charge on any atom is 0.248 e. The number of nitriles is 1. The maximum atomic E-state index is 13.6. The van der Waals surface area contributed by atoms with Gasteiger partial charge in [-0.2, -0.15) is 5.26 Å². The van der Waals surface area contributed by atoms with Crippen LogP contribution in [-0.2, 0) is 20.9 Å². The van der Waals surface area contributed by atoms with Crippen LogP contribution < -0.4 is 25.4 Å². The Bertz CT molecular complexity index is 1890. The number of Topliss-reactive ketones (excluding diaryl/α,β-unsaturated/α-hetero) is 1. The Balaban J connectivity index is 1.35. The van der Waals surface area contributed by atoms with Gasteiger partial charge in [0.05, 0.1) is 40.7 Å². The summed E-state index contributed by atoms with van der Waals surface area (Å²) in [6.07, 6.45) is 8.30. The van der Waals surface area contributed by atoms with Crippen molar-refractivity contribution in [1.29, 1.82) is 5.26 Å². The summed E-state index contributed by atoms with van der Waals surface area (Å²) in [6, 6.07) is 16.8. The van der Waals surface area contributed by atoms with Crippen LogP contribution in [0, 0.1) is 17.1 Å². The first kappa shape index (κ1) is 36.3. The molecule has 1 amide bonds. The molecule has 3 N–H and O–H groups in total. The van der Waals surface area contributed by atoms with Gasteiger partial charge in [-0.05, 0) is 74.5 Å². The van der Waals surface area contributed by atoms with Crippen molar-refractivity contribution in [2.75, 3.05) is 37.4 Å². The van der Waals surface area contributed by atoms with E-state index < -0.39 is 5.91 Å². The predicted octanol–water partition coefficient (Wildman–Crippen LogP) is 7.62. The minimum atomic E-state index is -0.432. The van der Waals surface area contributed by atoms with E-state index in [4.69, 9.17) is 25.8 Å². The van der Waals surface area contributed by atoms with Crippen LogP contribution in [0.4, 0.5) is 21.5 Å². The number of hydrogen-bond donors (Lipinski definition) is 3. The number of carbonyl (C=O) groups excluding carboxylic acids is 2. The number of nitrogens with zero attached hydrogens (tertiary/aromatic N) is 2. The van der Waals surface area contributed by atoms with Gasteiger partial charge in [-0.1, -0.05) is 36.2 Å². The van der Waals surface area contributed by atoms with Crippen LogP contribution in [0.25, 0.3) is 10.9 Å². The van der Waals surface area contributed by atoms with Crippen molar-refractivity contribution in [3.63, 3.8) is 0 Å². The molecule has 1 saturated heterocycles. The number of nitrogens with one attached hydrogen (secondary N) is 3. The van der Waals surface area contributed by atoms with Gasteiger partial charge in [0.2, 0.25) is 5.91 Å². The number of amides is 1. The van der Waals surface area contributed by atoms with Crippen molar-refractivity contribution >= 4 is 51.3 Å². The highest BCUT2D eigenvalue weighted by molar-refractivity contribution is 6.32. The largest absolute Gasteiger partial charge is 0.487 e. The van der Waals surface area contributed by atoms with E-state index in [1.54, 1.807) is 48.5 Å². The molecule has 1 unspecified atom stereocenters.